The number of hydrogen-bond donors (Lipinski definition) is 1. The highest BCUT2D eigenvalue weighted by Crippen LogP contribution is 2.21. The Balaban J connectivity index is 4.18. The van der Waals surface area contributed by atoms with Crippen LogP contribution in [-0.2, 0) is 9.59 Å². The van der Waals surface area contributed by atoms with Crippen LogP contribution in [0, 0.1) is 5.41 Å². The monoisotopic (exact) mass is 233 g/mol. The fourth-order valence-corrected chi connectivity index (χ4v) is 1.40. The summed E-state index contributed by atoms with van der Waals surface area (Å²) in [5.41, 5.74) is -0.981. The van der Waals surface area contributed by atoms with Gasteiger partial charge >= 0.3 is 5.97 Å². The smallest absolute Gasteiger partial charge is 0.309 e. The molecule has 0 aliphatic carbocycles. The summed E-state index contributed by atoms with van der Waals surface area (Å²) in [5.74, 6) is -0.180. The molecule has 0 rings (SSSR count). The number of aliphatic carboxylic acids is 1. The first-order valence-corrected chi connectivity index (χ1v) is 6.17. The first-order chi connectivity index (χ1) is 6.81. The molecule has 0 aliphatic heterocycles. The van der Waals surface area contributed by atoms with Crippen molar-refractivity contribution in [3.05, 3.63) is 0 Å². The van der Waals surface area contributed by atoms with Gasteiger partial charge in [0, 0.05) is 25.8 Å². The van der Waals surface area contributed by atoms with Gasteiger partial charge in [-0.15, -0.1) is 0 Å². The van der Waals surface area contributed by atoms with Gasteiger partial charge in [0.15, 0.2) is 0 Å². The van der Waals surface area contributed by atoms with E-state index in [2.05, 4.69) is 0 Å². The normalized spacial score (nSPS) is 11.2. The predicted molar refractivity (Wildman–Crippen MR) is 62.1 cm³/mol. The molecule has 4 nitrogen and oxygen atoms in total. The highest BCUT2D eigenvalue weighted by Gasteiger charge is 2.31. The van der Waals surface area contributed by atoms with Crippen molar-refractivity contribution in [2.24, 2.45) is 5.41 Å². The quantitative estimate of drug-likeness (QED) is 0.751. The van der Waals surface area contributed by atoms with Crippen LogP contribution in [0.15, 0.2) is 0 Å². The molecule has 0 unspecified atom stereocenters. The summed E-state index contributed by atoms with van der Waals surface area (Å²) in [6.07, 6.45) is 2.02. The molecule has 88 valence electrons. The Morgan fingerprint density at radius 2 is 1.93 bits per heavy atom. The van der Waals surface area contributed by atoms with Gasteiger partial charge in [0.2, 0.25) is 5.91 Å². The Hall–Kier alpha value is -0.710. The van der Waals surface area contributed by atoms with E-state index in [1.165, 1.54) is 0 Å². The molecule has 1 amide bonds. The SMILES string of the molecule is CSCCN(C)C(=O)CC(C)(C)C(=O)O. The average molecular weight is 233 g/mol. The van der Waals surface area contributed by atoms with E-state index in [-0.39, 0.29) is 12.3 Å². The second-order valence-electron chi connectivity index (χ2n) is 4.17. The van der Waals surface area contributed by atoms with E-state index >= 15 is 0 Å². The van der Waals surface area contributed by atoms with E-state index in [1.807, 2.05) is 6.26 Å². The van der Waals surface area contributed by atoms with Gasteiger partial charge in [-0.3, -0.25) is 9.59 Å². The number of hydrogen-bond acceptors (Lipinski definition) is 3. The van der Waals surface area contributed by atoms with E-state index in [0.29, 0.717) is 6.54 Å². The third kappa shape index (κ3) is 5.06. The highest BCUT2D eigenvalue weighted by molar-refractivity contribution is 7.98. The average Bonchev–Trinajstić information content (AvgIpc) is 2.13. The maximum absolute atomic E-state index is 11.6. The third-order valence-corrected chi connectivity index (χ3v) is 2.82. The molecule has 0 heterocycles. The minimum atomic E-state index is -0.981. The van der Waals surface area contributed by atoms with Crippen molar-refractivity contribution in [3.8, 4) is 0 Å². The van der Waals surface area contributed by atoms with Crippen LogP contribution in [0.4, 0.5) is 0 Å². The molecule has 0 aromatic carbocycles. The van der Waals surface area contributed by atoms with Gasteiger partial charge in [0.05, 0.1) is 5.41 Å². The summed E-state index contributed by atoms with van der Waals surface area (Å²) in [6.45, 7) is 3.79. The van der Waals surface area contributed by atoms with Gasteiger partial charge in [-0.05, 0) is 20.1 Å². The largest absolute Gasteiger partial charge is 0.481 e. The highest BCUT2D eigenvalue weighted by atomic mass is 32.2. The summed E-state index contributed by atoms with van der Waals surface area (Å²) < 4.78 is 0. The molecule has 0 atom stereocenters. The lowest BCUT2D eigenvalue weighted by Crippen LogP contribution is -2.35. The molecule has 15 heavy (non-hydrogen) atoms. The van der Waals surface area contributed by atoms with Crippen LogP contribution in [0.5, 0.6) is 0 Å². The zero-order valence-electron chi connectivity index (χ0n) is 9.74. The van der Waals surface area contributed by atoms with Gasteiger partial charge in [0.1, 0.15) is 0 Å². The zero-order chi connectivity index (χ0) is 12.1. The van der Waals surface area contributed by atoms with Gasteiger partial charge in [-0.1, -0.05) is 0 Å². The van der Waals surface area contributed by atoms with Crippen molar-refractivity contribution >= 4 is 23.6 Å². The minimum absolute atomic E-state index is 0.0488. The van der Waals surface area contributed by atoms with E-state index in [0.717, 1.165) is 5.75 Å². The van der Waals surface area contributed by atoms with Gasteiger partial charge in [-0.2, -0.15) is 11.8 Å². The maximum atomic E-state index is 11.6. The lowest BCUT2D eigenvalue weighted by atomic mass is 9.89. The number of carboxylic acids is 1. The Labute approximate surface area is 95.0 Å². The molecular formula is C10H19NO3S. The molecule has 0 aromatic heterocycles. The Bertz CT molecular complexity index is 241. The number of carboxylic acid groups (broad SMARTS) is 1. The standard InChI is InChI=1S/C10H19NO3S/c1-10(2,9(13)14)7-8(12)11(3)5-6-15-4/h5-7H2,1-4H3,(H,13,14). The maximum Gasteiger partial charge on any atom is 0.309 e. The van der Waals surface area contributed by atoms with E-state index in [9.17, 15) is 9.59 Å². The van der Waals surface area contributed by atoms with Crippen LogP contribution >= 0.6 is 11.8 Å². The Morgan fingerprint density at radius 3 is 2.33 bits per heavy atom. The molecule has 0 fully saturated rings. The lowest BCUT2D eigenvalue weighted by molar-refractivity contribution is -0.151. The molecule has 0 aromatic rings. The number of carbonyl (C=O) groups is 2. The van der Waals surface area contributed by atoms with Gasteiger partial charge in [-0.25, -0.2) is 0 Å². The van der Waals surface area contributed by atoms with Crippen molar-refractivity contribution in [1.29, 1.82) is 0 Å². The number of rotatable bonds is 6. The molecule has 1 N–H and O–H groups in total. The molecule has 0 radical (unpaired) electrons. The molecule has 0 spiro atoms. The fourth-order valence-electron chi connectivity index (χ4n) is 0.942. The molecule has 0 bridgehead atoms. The molecular weight excluding hydrogens is 214 g/mol. The number of nitrogens with zero attached hydrogens (tertiary/aromatic N) is 1. The summed E-state index contributed by atoms with van der Waals surface area (Å²) in [5, 5.41) is 8.87. The second-order valence-corrected chi connectivity index (χ2v) is 5.16. The van der Waals surface area contributed by atoms with Crippen LogP contribution < -0.4 is 0 Å². The third-order valence-electron chi connectivity index (χ3n) is 2.23. The molecule has 0 saturated carbocycles. The molecule has 5 heteroatoms. The second kappa shape index (κ2) is 6.00. The molecule has 0 saturated heterocycles. The van der Waals surface area contributed by atoms with Crippen LogP contribution in [0.3, 0.4) is 0 Å². The summed E-state index contributed by atoms with van der Waals surface area (Å²) in [6, 6.07) is 0. The number of carbonyl (C=O) groups excluding carboxylic acids is 1. The Kier molecular flexibility index (Phi) is 5.72. The van der Waals surface area contributed by atoms with Crippen molar-refractivity contribution in [2.45, 2.75) is 20.3 Å². The number of thioether (sulfide) groups is 1. The minimum Gasteiger partial charge on any atom is -0.481 e. The Morgan fingerprint density at radius 1 is 1.40 bits per heavy atom. The van der Waals surface area contributed by atoms with Crippen LogP contribution in [0.1, 0.15) is 20.3 Å². The summed E-state index contributed by atoms with van der Waals surface area (Å²) in [4.78, 5) is 24.0. The zero-order valence-corrected chi connectivity index (χ0v) is 10.6. The van der Waals surface area contributed by atoms with Gasteiger partial charge < -0.3 is 10.0 Å². The van der Waals surface area contributed by atoms with Crippen molar-refractivity contribution in [3.63, 3.8) is 0 Å². The predicted octanol–water partition coefficient (Wildman–Crippen LogP) is 1.31. The van der Waals surface area contributed by atoms with E-state index in [4.69, 9.17) is 5.11 Å². The summed E-state index contributed by atoms with van der Waals surface area (Å²) in [7, 11) is 1.70. The summed E-state index contributed by atoms with van der Waals surface area (Å²) >= 11 is 1.66. The molecule has 0 aliphatic rings. The van der Waals surface area contributed by atoms with Crippen LogP contribution in [0.2, 0.25) is 0 Å². The lowest BCUT2D eigenvalue weighted by Gasteiger charge is -2.23. The van der Waals surface area contributed by atoms with Crippen molar-refractivity contribution < 1.29 is 14.7 Å². The van der Waals surface area contributed by atoms with Crippen molar-refractivity contribution in [1.82, 2.24) is 4.90 Å². The van der Waals surface area contributed by atoms with E-state index < -0.39 is 11.4 Å². The van der Waals surface area contributed by atoms with Gasteiger partial charge in [0.25, 0.3) is 0 Å². The van der Waals surface area contributed by atoms with Crippen LogP contribution in [-0.4, -0.2) is 47.5 Å². The topological polar surface area (TPSA) is 57.6 Å². The first kappa shape index (κ1) is 14.3. The first-order valence-electron chi connectivity index (χ1n) is 4.77. The van der Waals surface area contributed by atoms with Crippen LogP contribution in [0.25, 0.3) is 0 Å². The van der Waals surface area contributed by atoms with E-state index in [1.54, 1.807) is 37.6 Å². The number of amides is 1. The fraction of sp³-hybridized carbons (Fsp3) is 0.800. The van der Waals surface area contributed by atoms with Crippen molar-refractivity contribution in [2.75, 3.05) is 25.6 Å².